The maximum atomic E-state index is 8.95. The number of hydrogen-bond donors (Lipinski definition) is 4. The van der Waals surface area contributed by atoms with Crippen molar-refractivity contribution in [3.8, 4) is 0 Å². The minimum atomic E-state index is -0.280. The maximum absolute atomic E-state index is 8.95. The van der Waals surface area contributed by atoms with Gasteiger partial charge in [-0.3, -0.25) is 0 Å². The normalized spacial score (nSPS) is 11.1. The van der Waals surface area contributed by atoms with E-state index in [-0.39, 0.29) is 43.3 Å². The number of H-pyrrole nitrogens is 1. The summed E-state index contributed by atoms with van der Waals surface area (Å²) in [6.45, 7) is 0.315. The van der Waals surface area contributed by atoms with Gasteiger partial charge in [-0.25, -0.2) is 0 Å². The zero-order valence-corrected chi connectivity index (χ0v) is 12.4. The topological polar surface area (TPSA) is 74.1 Å². The lowest BCUT2D eigenvalue weighted by Crippen LogP contribution is -2.25. The molecule has 1 atom stereocenters. The predicted octanol–water partition coefficient (Wildman–Crippen LogP) is 3.07. The van der Waals surface area contributed by atoms with E-state index in [1.807, 2.05) is 24.4 Å². The number of fused-ring (bicyclic) bond motifs is 1. The smallest absolute Gasteiger partial charge is 0.0712 e. The monoisotopic (exact) mass is 333 g/mol. The molecule has 0 bridgehead atoms. The Bertz CT molecular complexity index is 473. The molecule has 0 saturated carbocycles. The summed E-state index contributed by atoms with van der Waals surface area (Å²) >= 11 is 5.91. The number of aromatic amines is 1. The van der Waals surface area contributed by atoms with Crippen LogP contribution < -0.4 is 11.2 Å². The fourth-order valence-electron chi connectivity index (χ4n) is 1.65. The molecule has 0 amide bonds. The van der Waals surface area contributed by atoms with Crippen LogP contribution in [0.4, 0.5) is 0 Å². The molecule has 4 nitrogen and oxygen atoms in total. The second kappa shape index (κ2) is 8.82. The van der Waals surface area contributed by atoms with Gasteiger partial charge in [-0.05, 0) is 23.8 Å². The summed E-state index contributed by atoms with van der Waals surface area (Å²) in [5.41, 5.74) is 9.60. The van der Waals surface area contributed by atoms with Crippen LogP contribution in [0, 0.1) is 0 Å². The van der Waals surface area contributed by atoms with Crippen molar-refractivity contribution in [2.75, 3.05) is 6.54 Å². The van der Waals surface area contributed by atoms with Gasteiger partial charge in [-0.1, -0.05) is 11.6 Å². The lowest BCUT2D eigenvalue weighted by molar-refractivity contribution is 0.129. The van der Waals surface area contributed by atoms with Gasteiger partial charge in [-0.2, -0.15) is 5.48 Å². The summed E-state index contributed by atoms with van der Waals surface area (Å²) in [5, 5.41) is 10.6. The lowest BCUT2D eigenvalue weighted by Gasteiger charge is -2.11. The molecule has 0 fully saturated rings. The Hall–Kier alpha value is -0.200. The molecule has 1 aromatic heterocycles. The van der Waals surface area contributed by atoms with Crippen molar-refractivity contribution < 1.29 is 5.21 Å². The van der Waals surface area contributed by atoms with Crippen LogP contribution >= 0.6 is 48.8 Å². The predicted molar refractivity (Wildman–Crippen MR) is 81.8 cm³/mol. The van der Waals surface area contributed by atoms with E-state index in [1.165, 1.54) is 0 Å². The van der Waals surface area contributed by atoms with Crippen LogP contribution in [-0.2, 0) is 0 Å². The zero-order chi connectivity index (χ0) is 10.8. The third-order valence-corrected chi connectivity index (χ3v) is 2.68. The minimum Gasteiger partial charge on any atom is -0.361 e. The van der Waals surface area contributed by atoms with Crippen molar-refractivity contribution in [3.63, 3.8) is 0 Å². The van der Waals surface area contributed by atoms with Gasteiger partial charge in [0.25, 0.3) is 0 Å². The van der Waals surface area contributed by atoms with Gasteiger partial charge in [0.15, 0.2) is 0 Å². The van der Waals surface area contributed by atoms with Gasteiger partial charge in [0.2, 0.25) is 0 Å². The van der Waals surface area contributed by atoms with E-state index in [1.54, 1.807) is 0 Å². The third-order valence-electron chi connectivity index (χ3n) is 2.44. The summed E-state index contributed by atoms with van der Waals surface area (Å²) in [4.78, 5) is 3.10. The number of halogens is 4. The van der Waals surface area contributed by atoms with Crippen molar-refractivity contribution in [2.45, 2.75) is 6.04 Å². The Balaban J connectivity index is 0. The average Bonchev–Trinajstić information content (AvgIpc) is 2.64. The van der Waals surface area contributed by atoms with Crippen LogP contribution in [0.5, 0.6) is 0 Å². The lowest BCUT2D eigenvalue weighted by atomic mass is 10.1. The molecule has 1 unspecified atom stereocenters. The van der Waals surface area contributed by atoms with Crippen molar-refractivity contribution in [2.24, 2.45) is 5.73 Å². The molecule has 104 valence electrons. The van der Waals surface area contributed by atoms with Gasteiger partial charge >= 0.3 is 0 Å². The summed E-state index contributed by atoms with van der Waals surface area (Å²) in [7, 11) is 0. The fraction of sp³-hybridized carbons (Fsp3) is 0.200. The number of rotatable bonds is 3. The van der Waals surface area contributed by atoms with Crippen molar-refractivity contribution in [1.82, 2.24) is 10.5 Å². The quantitative estimate of drug-likeness (QED) is 0.652. The second-order valence-electron chi connectivity index (χ2n) is 3.35. The SMILES string of the molecule is Cl.Cl.Cl.NCC(NO)c1c[nH]c2ccc(Cl)cc12. The highest BCUT2D eigenvalue weighted by Gasteiger charge is 2.13. The van der Waals surface area contributed by atoms with E-state index in [4.69, 9.17) is 22.5 Å². The first-order chi connectivity index (χ1) is 7.26. The largest absolute Gasteiger partial charge is 0.361 e. The Labute approximate surface area is 128 Å². The molecule has 0 aliphatic carbocycles. The highest BCUT2D eigenvalue weighted by atomic mass is 35.5. The average molecular weight is 335 g/mol. The van der Waals surface area contributed by atoms with E-state index < -0.39 is 0 Å². The Morgan fingerprint density at radius 1 is 1.33 bits per heavy atom. The zero-order valence-electron chi connectivity index (χ0n) is 9.22. The molecule has 2 rings (SSSR count). The molecule has 8 heteroatoms. The molecule has 1 aromatic carbocycles. The van der Waals surface area contributed by atoms with Crippen molar-refractivity contribution >= 4 is 59.7 Å². The second-order valence-corrected chi connectivity index (χ2v) is 3.79. The Morgan fingerprint density at radius 2 is 2.00 bits per heavy atom. The first-order valence-electron chi connectivity index (χ1n) is 4.62. The molecule has 0 saturated heterocycles. The molecule has 18 heavy (non-hydrogen) atoms. The first kappa shape index (κ1) is 20.1. The van der Waals surface area contributed by atoms with Crippen LogP contribution in [0.2, 0.25) is 5.02 Å². The van der Waals surface area contributed by atoms with E-state index in [0.717, 1.165) is 16.5 Å². The fourth-order valence-corrected chi connectivity index (χ4v) is 1.82. The molecular formula is C10H15Cl4N3O. The van der Waals surface area contributed by atoms with E-state index in [9.17, 15) is 0 Å². The van der Waals surface area contributed by atoms with Gasteiger partial charge in [0.1, 0.15) is 0 Å². The minimum absolute atomic E-state index is 0. The van der Waals surface area contributed by atoms with Crippen LogP contribution in [0.15, 0.2) is 24.4 Å². The Kier molecular flexibility index (Phi) is 9.87. The summed E-state index contributed by atoms with van der Waals surface area (Å²) in [5.74, 6) is 0. The van der Waals surface area contributed by atoms with Gasteiger partial charge < -0.3 is 15.9 Å². The summed E-state index contributed by atoms with van der Waals surface area (Å²) < 4.78 is 0. The number of hydroxylamine groups is 1. The molecule has 0 aliphatic heterocycles. The molecule has 1 heterocycles. The third kappa shape index (κ3) is 3.90. The highest BCUT2D eigenvalue weighted by Crippen LogP contribution is 2.26. The van der Waals surface area contributed by atoms with E-state index in [2.05, 4.69) is 10.5 Å². The highest BCUT2D eigenvalue weighted by molar-refractivity contribution is 6.31. The van der Waals surface area contributed by atoms with Crippen LogP contribution in [0.1, 0.15) is 11.6 Å². The molecule has 0 aliphatic rings. The standard InChI is InChI=1S/C10H12ClN3O.3ClH/c11-6-1-2-9-7(3-6)8(5-13-9)10(4-12)14-15;;;/h1-3,5,10,13-15H,4,12H2;3*1H. The van der Waals surface area contributed by atoms with Gasteiger partial charge in [0, 0.05) is 28.7 Å². The van der Waals surface area contributed by atoms with Gasteiger partial charge in [0.05, 0.1) is 6.04 Å². The molecule has 5 N–H and O–H groups in total. The van der Waals surface area contributed by atoms with Gasteiger partial charge in [-0.15, -0.1) is 37.2 Å². The van der Waals surface area contributed by atoms with E-state index >= 15 is 0 Å². The molecule has 0 spiro atoms. The summed E-state index contributed by atoms with van der Waals surface area (Å²) in [6.07, 6.45) is 1.82. The van der Waals surface area contributed by atoms with Crippen molar-refractivity contribution in [1.29, 1.82) is 0 Å². The number of nitrogens with one attached hydrogen (secondary N) is 2. The molecular weight excluding hydrogens is 320 g/mol. The number of aromatic nitrogens is 1. The Morgan fingerprint density at radius 3 is 2.56 bits per heavy atom. The van der Waals surface area contributed by atoms with E-state index in [0.29, 0.717) is 11.6 Å². The molecule has 0 radical (unpaired) electrons. The molecule has 2 aromatic rings. The van der Waals surface area contributed by atoms with Crippen LogP contribution in [0.3, 0.4) is 0 Å². The maximum Gasteiger partial charge on any atom is 0.0712 e. The number of nitrogens with two attached hydrogens (primary N) is 1. The van der Waals surface area contributed by atoms with Crippen LogP contribution in [0.25, 0.3) is 10.9 Å². The number of hydrogen-bond acceptors (Lipinski definition) is 3. The number of benzene rings is 1. The van der Waals surface area contributed by atoms with Crippen LogP contribution in [-0.4, -0.2) is 16.7 Å². The van der Waals surface area contributed by atoms with Crippen molar-refractivity contribution in [3.05, 3.63) is 35.0 Å². The first-order valence-corrected chi connectivity index (χ1v) is 5.00. The summed E-state index contributed by atoms with van der Waals surface area (Å²) in [6, 6.07) is 5.28.